The van der Waals surface area contributed by atoms with Gasteiger partial charge in [0.05, 0.1) is 6.61 Å². The quantitative estimate of drug-likeness (QED) is 0.891. The predicted octanol–water partition coefficient (Wildman–Crippen LogP) is 2.55. The minimum absolute atomic E-state index is 0.0524. The highest BCUT2D eigenvalue weighted by molar-refractivity contribution is 5.96. The van der Waals surface area contributed by atoms with Crippen LogP contribution in [0.15, 0.2) is 24.3 Å². The highest BCUT2D eigenvalue weighted by Crippen LogP contribution is 2.33. The number of nitrogens with one attached hydrogen (secondary N) is 1. The average molecular weight is 330 g/mol. The van der Waals surface area contributed by atoms with Crippen molar-refractivity contribution in [2.75, 3.05) is 18.4 Å². The van der Waals surface area contributed by atoms with Crippen LogP contribution in [0.25, 0.3) is 0 Å². The van der Waals surface area contributed by atoms with Crippen LogP contribution in [0, 0.1) is 11.8 Å². The molecule has 1 saturated heterocycles. The Morgan fingerprint density at radius 2 is 1.79 bits per heavy atom. The molecule has 1 saturated carbocycles. The van der Waals surface area contributed by atoms with Crippen molar-refractivity contribution >= 4 is 17.5 Å². The first-order valence-electron chi connectivity index (χ1n) is 8.98. The van der Waals surface area contributed by atoms with Crippen molar-refractivity contribution in [3.63, 3.8) is 0 Å². The number of anilines is 1. The van der Waals surface area contributed by atoms with Crippen molar-refractivity contribution in [1.82, 2.24) is 4.90 Å². The van der Waals surface area contributed by atoms with E-state index in [1.165, 1.54) is 0 Å². The van der Waals surface area contributed by atoms with Gasteiger partial charge >= 0.3 is 0 Å². The lowest BCUT2D eigenvalue weighted by molar-refractivity contribution is -0.141. The van der Waals surface area contributed by atoms with E-state index in [2.05, 4.69) is 5.32 Å². The van der Waals surface area contributed by atoms with Crippen LogP contribution in [0.3, 0.4) is 0 Å². The van der Waals surface area contributed by atoms with Crippen LogP contribution in [-0.4, -0.2) is 34.9 Å². The van der Waals surface area contributed by atoms with Crippen molar-refractivity contribution in [2.24, 2.45) is 11.8 Å². The van der Waals surface area contributed by atoms with E-state index in [1.54, 1.807) is 6.07 Å². The Morgan fingerprint density at radius 3 is 2.50 bits per heavy atom. The molecule has 2 aliphatic rings. The summed E-state index contributed by atoms with van der Waals surface area (Å²) in [5.74, 6) is -0.332. The number of carbonyl (C=O) groups is 2. The molecule has 2 fully saturated rings. The lowest BCUT2D eigenvalue weighted by Gasteiger charge is -2.32. The van der Waals surface area contributed by atoms with Gasteiger partial charge in [-0.05, 0) is 43.4 Å². The Bertz CT molecular complexity index is 596. The third-order valence-electron chi connectivity index (χ3n) is 5.21. The molecule has 0 aromatic heterocycles. The largest absolute Gasteiger partial charge is 0.392 e. The van der Waals surface area contributed by atoms with E-state index in [0.29, 0.717) is 5.69 Å². The molecule has 0 bridgehead atoms. The van der Waals surface area contributed by atoms with E-state index < -0.39 is 0 Å². The molecule has 1 aliphatic heterocycles. The highest BCUT2D eigenvalue weighted by Gasteiger charge is 2.38. The predicted molar refractivity (Wildman–Crippen MR) is 92.3 cm³/mol. The molecule has 1 aromatic rings. The van der Waals surface area contributed by atoms with Crippen molar-refractivity contribution in [2.45, 2.75) is 45.1 Å². The monoisotopic (exact) mass is 330 g/mol. The van der Waals surface area contributed by atoms with E-state index in [1.807, 2.05) is 23.1 Å². The third-order valence-corrected chi connectivity index (χ3v) is 5.21. The first kappa shape index (κ1) is 17.0. The summed E-state index contributed by atoms with van der Waals surface area (Å²) in [4.78, 5) is 27.5. The number of nitrogens with zero attached hydrogens (tertiary/aromatic N) is 1. The number of aliphatic hydroxyl groups excluding tert-OH is 1. The first-order chi connectivity index (χ1) is 11.7. The van der Waals surface area contributed by atoms with Gasteiger partial charge in [0, 0.05) is 30.6 Å². The maximum atomic E-state index is 12.8. The molecule has 3 rings (SSSR count). The molecule has 2 atom stereocenters. The first-order valence-corrected chi connectivity index (χ1v) is 8.98. The molecule has 24 heavy (non-hydrogen) atoms. The number of hydrogen-bond donors (Lipinski definition) is 2. The summed E-state index contributed by atoms with van der Waals surface area (Å²) in [5.41, 5.74) is 1.45. The lowest BCUT2D eigenvalue weighted by atomic mass is 9.77. The van der Waals surface area contributed by atoms with Gasteiger partial charge in [-0.25, -0.2) is 0 Å². The van der Waals surface area contributed by atoms with Crippen molar-refractivity contribution < 1.29 is 14.7 Å². The number of amides is 2. The second-order valence-electron chi connectivity index (χ2n) is 6.88. The Balaban J connectivity index is 1.69. The molecule has 1 heterocycles. The zero-order chi connectivity index (χ0) is 16.9. The normalized spacial score (nSPS) is 24.0. The van der Waals surface area contributed by atoms with Crippen LogP contribution in [0.4, 0.5) is 5.69 Å². The summed E-state index contributed by atoms with van der Waals surface area (Å²) >= 11 is 0. The molecular weight excluding hydrogens is 304 g/mol. The molecule has 0 spiro atoms. The van der Waals surface area contributed by atoms with Crippen molar-refractivity contribution in [3.05, 3.63) is 29.8 Å². The van der Waals surface area contributed by atoms with E-state index in [0.717, 1.165) is 57.2 Å². The summed E-state index contributed by atoms with van der Waals surface area (Å²) in [5, 5.41) is 12.2. The summed E-state index contributed by atoms with van der Waals surface area (Å²) in [6.07, 6.45) is 5.75. The molecule has 130 valence electrons. The molecule has 2 unspecified atom stereocenters. The summed E-state index contributed by atoms with van der Waals surface area (Å²) in [7, 11) is 0. The van der Waals surface area contributed by atoms with Crippen LogP contribution in [-0.2, 0) is 16.2 Å². The number of carbonyl (C=O) groups excluding carboxylic acids is 2. The smallest absolute Gasteiger partial charge is 0.228 e. The molecule has 1 aliphatic carbocycles. The zero-order valence-electron chi connectivity index (χ0n) is 14.0. The maximum Gasteiger partial charge on any atom is 0.228 e. The van der Waals surface area contributed by atoms with Gasteiger partial charge in [-0.3, -0.25) is 9.59 Å². The minimum atomic E-state index is -0.246. The minimum Gasteiger partial charge on any atom is -0.392 e. The van der Waals surface area contributed by atoms with Gasteiger partial charge in [0.2, 0.25) is 11.8 Å². The van der Waals surface area contributed by atoms with Gasteiger partial charge in [-0.1, -0.05) is 25.0 Å². The number of likely N-dealkylation sites (tertiary alicyclic amines) is 1. The Kier molecular flexibility index (Phi) is 5.51. The number of rotatable bonds is 4. The van der Waals surface area contributed by atoms with Crippen LogP contribution in [0.5, 0.6) is 0 Å². The van der Waals surface area contributed by atoms with Gasteiger partial charge in [-0.2, -0.15) is 0 Å². The summed E-state index contributed by atoms with van der Waals surface area (Å²) in [6.45, 7) is 1.62. The van der Waals surface area contributed by atoms with E-state index in [-0.39, 0.29) is 30.3 Å². The second kappa shape index (κ2) is 7.79. The standard InChI is InChI=1S/C19H26N2O3/c22-13-14-6-5-7-15(12-14)20-18(23)16-8-1-2-9-17(16)19(24)21-10-3-4-11-21/h5-7,12,16-17,22H,1-4,8-11,13H2,(H,20,23). The zero-order valence-corrected chi connectivity index (χ0v) is 14.0. The summed E-state index contributed by atoms with van der Waals surface area (Å²) in [6, 6.07) is 7.22. The van der Waals surface area contributed by atoms with Gasteiger partial charge in [0.1, 0.15) is 0 Å². The highest BCUT2D eigenvalue weighted by atomic mass is 16.3. The van der Waals surface area contributed by atoms with Crippen LogP contribution < -0.4 is 5.32 Å². The van der Waals surface area contributed by atoms with Crippen LogP contribution >= 0.6 is 0 Å². The fourth-order valence-electron chi connectivity index (χ4n) is 3.89. The Hall–Kier alpha value is -1.88. The van der Waals surface area contributed by atoms with Crippen molar-refractivity contribution in [3.8, 4) is 0 Å². The number of aliphatic hydroxyl groups is 1. The third kappa shape index (κ3) is 3.78. The van der Waals surface area contributed by atoms with Gasteiger partial charge in [-0.15, -0.1) is 0 Å². The fraction of sp³-hybridized carbons (Fsp3) is 0.579. The molecule has 2 amide bonds. The molecule has 0 radical (unpaired) electrons. The molecule has 5 heteroatoms. The number of hydrogen-bond acceptors (Lipinski definition) is 3. The maximum absolute atomic E-state index is 12.8. The summed E-state index contributed by atoms with van der Waals surface area (Å²) < 4.78 is 0. The average Bonchev–Trinajstić information content (AvgIpc) is 3.16. The van der Waals surface area contributed by atoms with Gasteiger partial charge < -0.3 is 15.3 Å². The van der Waals surface area contributed by atoms with Crippen LogP contribution in [0.2, 0.25) is 0 Å². The van der Waals surface area contributed by atoms with E-state index >= 15 is 0 Å². The molecule has 5 nitrogen and oxygen atoms in total. The van der Waals surface area contributed by atoms with Crippen LogP contribution in [0.1, 0.15) is 44.1 Å². The second-order valence-corrected chi connectivity index (χ2v) is 6.88. The Labute approximate surface area is 143 Å². The van der Waals surface area contributed by atoms with Gasteiger partial charge in [0.15, 0.2) is 0 Å². The number of benzene rings is 1. The van der Waals surface area contributed by atoms with E-state index in [4.69, 9.17) is 0 Å². The van der Waals surface area contributed by atoms with Crippen molar-refractivity contribution in [1.29, 1.82) is 0 Å². The molecule has 2 N–H and O–H groups in total. The fourth-order valence-corrected chi connectivity index (χ4v) is 3.89. The van der Waals surface area contributed by atoms with E-state index in [9.17, 15) is 14.7 Å². The Morgan fingerprint density at radius 1 is 1.08 bits per heavy atom. The van der Waals surface area contributed by atoms with Gasteiger partial charge in [0.25, 0.3) is 0 Å². The topological polar surface area (TPSA) is 69.6 Å². The lowest BCUT2D eigenvalue weighted by Crippen LogP contribution is -2.42. The molecule has 1 aromatic carbocycles. The molecular formula is C19H26N2O3. The SMILES string of the molecule is O=C(Nc1cccc(CO)c1)C1CCCCC1C(=O)N1CCCC1.